The Morgan fingerprint density at radius 2 is 2.00 bits per heavy atom. The maximum Gasteiger partial charge on any atom is 0.166 e. The summed E-state index contributed by atoms with van der Waals surface area (Å²) in [5.74, 6) is 0.259. The highest BCUT2D eigenvalue weighted by molar-refractivity contribution is 5.73. The van der Waals surface area contributed by atoms with E-state index < -0.39 is 0 Å². The van der Waals surface area contributed by atoms with Crippen LogP contribution in [0, 0.1) is 0 Å². The van der Waals surface area contributed by atoms with E-state index in [1.54, 1.807) is 28.7 Å². The highest BCUT2D eigenvalue weighted by atomic mass is 16.3. The monoisotopic (exact) mass is 252 g/mol. The molecule has 0 aliphatic rings. The average molecular weight is 252 g/mol. The number of carbonyl (C=O) groups is 1. The summed E-state index contributed by atoms with van der Waals surface area (Å²) in [4.78, 5) is 15.4. The minimum Gasteiger partial charge on any atom is -0.508 e. The Morgan fingerprint density at radius 1 is 1.16 bits per heavy atom. The van der Waals surface area contributed by atoms with Gasteiger partial charge in [-0.2, -0.15) is 0 Å². The fourth-order valence-electron chi connectivity index (χ4n) is 2.12. The number of aromatic hydroxyl groups is 1. The van der Waals surface area contributed by atoms with Crippen LogP contribution in [0.4, 0.5) is 0 Å². The molecule has 2 aromatic heterocycles. The van der Waals surface area contributed by atoms with Gasteiger partial charge in [0.2, 0.25) is 0 Å². The summed E-state index contributed by atoms with van der Waals surface area (Å²) in [5, 5.41) is 9.76. The third-order valence-electron chi connectivity index (χ3n) is 3.06. The first-order valence-corrected chi connectivity index (χ1v) is 5.97. The van der Waals surface area contributed by atoms with E-state index in [4.69, 9.17) is 0 Å². The molecule has 0 radical (unpaired) electrons. The second-order valence-electron chi connectivity index (χ2n) is 4.33. The van der Waals surface area contributed by atoms with Gasteiger partial charge >= 0.3 is 0 Å². The molecule has 1 N–H and O–H groups in total. The van der Waals surface area contributed by atoms with Crippen LogP contribution in [-0.2, 0) is 6.42 Å². The summed E-state index contributed by atoms with van der Waals surface area (Å²) in [7, 11) is 0. The highest BCUT2D eigenvalue weighted by Crippen LogP contribution is 2.19. The number of pyridine rings is 1. The Balaban J connectivity index is 2.03. The first-order valence-electron chi connectivity index (χ1n) is 5.97. The Morgan fingerprint density at radius 3 is 2.79 bits per heavy atom. The maximum atomic E-state index is 11.0. The number of rotatable bonds is 3. The quantitative estimate of drug-likeness (QED) is 0.728. The van der Waals surface area contributed by atoms with Crippen LogP contribution >= 0.6 is 0 Å². The lowest BCUT2D eigenvalue weighted by molar-refractivity contribution is 0.111. The van der Waals surface area contributed by atoms with Gasteiger partial charge in [0.1, 0.15) is 11.4 Å². The van der Waals surface area contributed by atoms with E-state index >= 15 is 0 Å². The van der Waals surface area contributed by atoms with E-state index in [0.717, 1.165) is 23.2 Å². The molecule has 0 amide bonds. The minimum absolute atomic E-state index is 0.259. The molecule has 4 nitrogen and oxygen atoms in total. The molecular weight excluding hydrogens is 240 g/mol. The van der Waals surface area contributed by atoms with Gasteiger partial charge in [-0.1, -0.05) is 24.3 Å². The molecule has 4 heteroatoms. The molecule has 2 heterocycles. The summed E-state index contributed by atoms with van der Waals surface area (Å²) in [5.41, 5.74) is 2.93. The number of phenols is 1. The summed E-state index contributed by atoms with van der Waals surface area (Å²) >= 11 is 0. The van der Waals surface area contributed by atoms with Crippen LogP contribution in [0.15, 0.2) is 48.7 Å². The number of benzene rings is 1. The van der Waals surface area contributed by atoms with Crippen molar-refractivity contribution in [3.05, 3.63) is 65.6 Å². The number of hydrogen-bond acceptors (Lipinski definition) is 3. The van der Waals surface area contributed by atoms with Crippen molar-refractivity contribution in [2.24, 2.45) is 0 Å². The number of hydrogen-bond donors (Lipinski definition) is 1. The average Bonchev–Trinajstić information content (AvgIpc) is 2.83. The molecule has 0 saturated carbocycles. The van der Waals surface area contributed by atoms with Gasteiger partial charge in [0.05, 0.1) is 11.4 Å². The number of imidazole rings is 1. The van der Waals surface area contributed by atoms with Gasteiger partial charge < -0.3 is 5.11 Å². The number of para-hydroxylation sites is 1. The molecule has 0 saturated heterocycles. The van der Waals surface area contributed by atoms with E-state index in [1.807, 2.05) is 24.4 Å². The maximum absolute atomic E-state index is 11.0. The minimum atomic E-state index is 0.259. The predicted octanol–water partition coefficient (Wildman–Crippen LogP) is 2.44. The number of aromatic nitrogens is 2. The van der Waals surface area contributed by atoms with Crippen molar-refractivity contribution >= 4 is 11.9 Å². The van der Waals surface area contributed by atoms with Crippen molar-refractivity contribution in [1.29, 1.82) is 0 Å². The summed E-state index contributed by atoms with van der Waals surface area (Å²) in [6, 6.07) is 12.6. The number of phenolic OH excluding ortho intramolecular Hbond substituents is 1. The van der Waals surface area contributed by atoms with Gasteiger partial charge in [0.25, 0.3) is 0 Å². The lowest BCUT2D eigenvalue weighted by atomic mass is 10.1. The first kappa shape index (κ1) is 11.5. The third kappa shape index (κ3) is 2.08. The van der Waals surface area contributed by atoms with Crippen molar-refractivity contribution in [2.45, 2.75) is 6.42 Å². The van der Waals surface area contributed by atoms with E-state index in [2.05, 4.69) is 4.98 Å². The van der Waals surface area contributed by atoms with Crippen molar-refractivity contribution in [2.75, 3.05) is 0 Å². The Labute approximate surface area is 110 Å². The zero-order chi connectivity index (χ0) is 13.2. The van der Waals surface area contributed by atoms with Crippen molar-refractivity contribution in [3.8, 4) is 5.75 Å². The van der Waals surface area contributed by atoms with E-state index in [1.165, 1.54) is 0 Å². The molecule has 3 rings (SSSR count). The summed E-state index contributed by atoms with van der Waals surface area (Å²) < 4.78 is 1.75. The second-order valence-corrected chi connectivity index (χ2v) is 4.33. The van der Waals surface area contributed by atoms with Crippen LogP contribution in [0.5, 0.6) is 5.75 Å². The van der Waals surface area contributed by atoms with E-state index in [9.17, 15) is 9.90 Å². The van der Waals surface area contributed by atoms with Gasteiger partial charge in [-0.15, -0.1) is 0 Å². The lowest BCUT2D eigenvalue weighted by Crippen LogP contribution is -1.92. The van der Waals surface area contributed by atoms with E-state index in [0.29, 0.717) is 12.1 Å². The number of nitrogens with zero attached hydrogens (tertiary/aromatic N) is 2. The molecule has 0 aliphatic carbocycles. The van der Waals surface area contributed by atoms with E-state index in [-0.39, 0.29) is 5.75 Å². The smallest absolute Gasteiger partial charge is 0.166 e. The molecule has 94 valence electrons. The standard InChI is InChI=1S/C15H12N2O2/c18-10-13-5-3-7-15-16-12(9-17(13)15)8-11-4-1-2-6-14(11)19/h1-7,9-10,19H,8H2. The SMILES string of the molecule is O=Cc1cccc2nc(Cc3ccccc3O)cn12. The van der Waals surface area contributed by atoms with Gasteiger partial charge in [-0.25, -0.2) is 4.98 Å². The largest absolute Gasteiger partial charge is 0.508 e. The molecule has 1 aromatic carbocycles. The van der Waals surface area contributed by atoms with Crippen LogP contribution < -0.4 is 0 Å². The molecule has 0 bridgehead atoms. The topological polar surface area (TPSA) is 54.6 Å². The number of carbonyl (C=O) groups excluding carboxylic acids is 1. The van der Waals surface area contributed by atoms with Crippen LogP contribution in [0.1, 0.15) is 21.7 Å². The first-order chi connectivity index (χ1) is 9.28. The van der Waals surface area contributed by atoms with Gasteiger partial charge in [0, 0.05) is 12.6 Å². The fraction of sp³-hybridized carbons (Fsp3) is 0.0667. The molecule has 0 unspecified atom stereocenters. The predicted molar refractivity (Wildman–Crippen MR) is 71.5 cm³/mol. The Kier molecular flexibility index (Phi) is 2.76. The van der Waals surface area contributed by atoms with Gasteiger partial charge in [0.15, 0.2) is 6.29 Å². The summed E-state index contributed by atoms with van der Waals surface area (Å²) in [6.45, 7) is 0. The van der Waals surface area contributed by atoms with Crippen LogP contribution in [0.25, 0.3) is 5.65 Å². The molecule has 0 fully saturated rings. The Bertz CT molecular complexity index is 747. The van der Waals surface area contributed by atoms with Gasteiger partial charge in [-0.05, 0) is 23.8 Å². The van der Waals surface area contributed by atoms with Crippen molar-refractivity contribution < 1.29 is 9.90 Å². The highest BCUT2D eigenvalue weighted by Gasteiger charge is 2.07. The normalized spacial score (nSPS) is 10.7. The molecule has 0 spiro atoms. The zero-order valence-corrected chi connectivity index (χ0v) is 10.2. The van der Waals surface area contributed by atoms with Crippen molar-refractivity contribution in [1.82, 2.24) is 9.38 Å². The molecule has 0 atom stereocenters. The molecule has 3 aromatic rings. The molecule has 0 aliphatic heterocycles. The van der Waals surface area contributed by atoms with Crippen molar-refractivity contribution in [3.63, 3.8) is 0 Å². The third-order valence-corrected chi connectivity index (χ3v) is 3.06. The number of aldehydes is 1. The van der Waals surface area contributed by atoms with Crippen LogP contribution in [0.3, 0.4) is 0 Å². The van der Waals surface area contributed by atoms with Crippen LogP contribution in [0.2, 0.25) is 0 Å². The zero-order valence-electron chi connectivity index (χ0n) is 10.2. The molecule has 19 heavy (non-hydrogen) atoms. The Hall–Kier alpha value is -2.62. The lowest BCUT2D eigenvalue weighted by Gasteiger charge is -2.00. The number of fused-ring (bicyclic) bond motifs is 1. The molecular formula is C15H12N2O2. The van der Waals surface area contributed by atoms with Gasteiger partial charge in [-0.3, -0.25) is 9.20 Å². The second kappa shape index (κ2) is 4.57. The van der Waals surface area contributed by atoms with Crippen LogP contribution in [-0.4, -0.2) is 20.8 Å². The fourth-order valence-corrected chi connectivity index (χ4v) is 2.12. The summed E-state index contributed by atoms with van der Waals surface area (Å²) in [6.07, 6.45) is 3.16.